The zero-order valence-electron chi connectivity index (χ0n) is 32.9. The van der Waals surface area contributed by atoms with Gasteiger partial charge >= 0.3 is 0 Å². The van der Waals surface area contributed by atoms with Crippen LogP contribution >= 0.6 is 11.3 Å². The van der Waals surface area contributed by atoms with Gasteiger partial charge in [0.25, 0.3) is 0 Å². The fourth-order valence-corrected chi connectivity index (χ4v) is 9.99. The smallest absolute Gasteiger partial charge is 0.0540 e. The van der Waals surface area contributed by atoms with Gasteiger partial charge in [0.05, 0.1) is 5.69 Å². The molecular weight excluding hydrogens is 743 g/mol. The lowest BCUT2D eigenvalue weighted by molar-refractivity contribution is 1.28. The maximum Gasteiger partial charge on any atom is 0.0540 e. The Kier molecular flexibility index (Phi) is 9.11. The van der Waals surface area contributed by atoms with E-state index < -0.39 is 0 Å². The highest BCUT2D eigenvalue weighted by Crippen LogP contribution is 2.47. The molecular formula is C58H39NS. The Balaban J connectivity index is 1.07. The van der Waals surface area contributed by atoms with Gasteiger partial charge in [0.15, 0.2) is 0 Å². The zero-order chi connectivity index (χ0) is 39.8. The average molecular weight is 782 g/mol. The molecule has 11 aromatic rings. The van der Waals surface area contributed by atoms with Crippen molar-refractivity contribution in [3.8, 4) is 55.6 Å². The molecule has 0 N–H and O–H groups in total. The van der Waals surface area contributed by atoms with Crippen LogP contribution < -0.4 is 4.90 Å². The van der Waals surface area contributed by atoms with Crippen LogP contribution in [0, 0.1) is 0 Å². The number of hydrogen-bond acceptors (Lipinski definition) is 2. The van der Waals surface area contributed by atoms with E-state index >= 15 is 0 Å². The minimum absolute atomic E-state index is 1.09. The molecule has 0 aliphatic carbocycles. The van der Waals surface area contributed by atoms with Crippen LogP contribution in [0.25, 0.3) is 86.6 Å². The van der Waals surface area contributed by atoms with Crippen molar-refractivity contribution in [3.05, 3.63) is 237 Å². The summed E-state index contributed by atoms with van der Waals surface area (Å²) >= 11 is 1.86. The average Bonchev–Trinajstić information content (AvgIpc) is 3.72. The summed E-state index contributed by atoms with van der Waals surface area (Å²) in [5.41, 5.74) is 15.4. The topological polar surface area (TPSA) is 3.24 Å². The lowest BCUT2D eigenvalue weighted by Crippen LogP contribution is -2.11. The molecule has 0 aliphatic rings. The van der Waals surface area contributed by atoms with E-state index in [1.54, 1.807) is 0 Å². The van der Waals surface area contributed by atoms with E-state index in [2.05, 4.69) is 241 Å². The van der Waals surface area contributed by atoms with Gasteiger partial charge in [0.1, 0.15) is 0 Å². The maximum atomic E-state index is 2.44. The first-order valence-corrected chi connectivity index (χ1v) is 21.3. The Hall–Kier alpha value is -7.52. The normalized spacial score (nSPS) is 11.3. The third-order valence-corrected chi connectivity index (χ3v) is 12.8. The molecule has 0 bridgehead atoms. The van der Waals surface area contributed by atoms with Crippen molar-refractivity contribution in [1.29, 1.82) is 0 Å². The third kappa shape index (κ3) is 6.44. The van der Waals surface area contributed by atoms with Gasteiger partial charge in [-0.3, -0.25) is 0 Å². The SMILES string of the molecule is c1ccc(-c2ccc(-c3ccc(N(c4cccc(-c5ccccc5-c5cccc6ccccc56)c4)c4ccccc4-c4cccc5sc6ccccc6c45)cc3)cc2)cc1. The summed E-state index contributed by atoms with van der Waals surface area (Å²) in [4.78, 5) is 2.44. The predicted octanol–water partition coefficient (Wildman–Crippen LogP) is 17.0. The van der Waals surface area contributed by atoms with Crippen LogP contribution in [0.2, 0.25) is 0 Å². The van der Waals surface area contributed by atoms with Crippen LogP contribution in [0.15, 0.2) is 237 Å². The summed E-state index contributed by atoms with van der Waals surface area (Å²) in [7, 11) is 0. The number of para-hydroxylation sites is 1. The first kappa shape index (κ1) is 35.6. The van der Waals surface area contributed by atoms with Gasteiger partial charge in [-0.1, -0.05) is 194 Å². The highest BCUT2D eigenvalue weighted by Gasteiger charge is 2.21. The van der Waals surface area contributed by atoms with Crippen molar-refractivity contribution in [2.24, 2.45) is 0 Å². The van der Waals surface area contributed by atoms with E-state index in [1.807, 2.05) is 11.3 Å². The highest BCUT2D eigenvalue weighted by atomic mass is 32.1. The van der Waals surface area contributed by atoms with Crippen molar-refractivity contribution in [2.45, 2.75) is 0 Å². The molecule has 1 heterocycles. The third-order valence-electron chi connectivity index (χ3n) is 11.7. The van der Waals surface area contributed by atoms with Gasteiger partial charge in [-0.15, -0.1) is 11.3 Å². The number of fused-ring (bicyclic) bond motifs is 4. The van der Waals surface area contributed by atoms with Crippen molar-refractivity contribution in [1.82, 2.24) is 0 Å². The van der Waals surface area contributed by atoms with Crippen LogP contribution in [0.4, 0.5) is 17.1 Å². The molecule has 1 aromatic heterocycles. The van der Waals surface area contributed by atoms with Gasteiger partial charge in [0.2, 0.25) is 0 Å². The summed E-state index contributed by atoms with van der Waals surface area (Å²) in [6.07, 6.45) is 0. The van der Waals surface area contributed by atoms with E-state index in [9.17, 15) is 0 Å². The predicted molar refractivity (Wildman–Crippen MR) is 259 cm³/mol. The molecule has 10 aromatic carbocycles. The second-order valence-corrected chi connectivity index (χ2v) is 16.3. The number of thiophene rings is 1. The largest absolute Gasteiger partial charge is 0.310 e. The molecule has 0 spiro atoms. The van der Waals surface area contributed by atoms with Crippen LogP contribution in [-0.2, 0) is 0 Å². The number of benzene rings is 10. The van der Waals surface area contributed by atoms with Crippen LogP contribution in [0.3, 0.4) is 0 Å². The maximum absolute atomic E-state index is 2.44. The van der Waals surface area contributed by atoms with Crippen LogP contribution in [0.5, 0.6) is 0 Å². The summed E-state index contributed by atoms with van der Waals surface area (Å²) in [6.45, 7) is 0. The molecule has 0 aliphatic heterocycles. The fraction of sp³-hybridized carbons (Fsp3) is 0. The number of anilines is 3. The summed E-state index contributed by atoms with van der Waals surface area (Å²) < 4.78 is 2.60. The summed E-state index contributed by atoms with van der Waals surface area (Å²) in [5.74, 6) is 0. The van der Waals surface area contributed by atoms with E-state index in [4.69, 9.17) is 0 Å². The molecule has 0 saturated carbocycles. The molecule has 0 atom stereocenters. The Morgan fingerprint density at radius 2 is 0.800 bits per heavy atom. The number of nitrogens with zero attached hydrogens (tertiary/aromatic N) is 1. The van der Waals surface area contributed by atoms with Crippen molar-refractivity contribution in [3.63, 3.8) is 0 Å². The zero-order valence-corrected chi connectivity index (χ0v) is 33.7. The van der Waals surface area contributed by atoms with Gasteiger partial charge in [-0.2, -0.15) is 0 Å². The molecule has 0 radical (unpaired) electrons. The Morgan fingerprint density at radius 1 is 0.283 bits per heavy atom. The second-order valence-electron chi connectivity index (χ2n) is 15.2. The molecule has 282 valence electrons. The van der Waals surface area contributed by atoms with Gasteiger partial charge in [0, 0.05) is 37.1 Å². The minimum atomic E-state index is 1.09. The molecule has 11 rings (SSSR count). The Morgan fingerprint density at radius 3 is 1.60 bits per heavy atom. The van der Waals surface area contributed by atoms with Crippen molar-refractivity contribution in [2.75, 3.05) is 4.90 Å². The standard InChI is InChI=1S/C58H39NS/c1-2-15-40(16-3-1)41-31-33-42(34-32-41)43-35-37-46(38-36-43)59(55-28-10-8-24-52(55)53-27-14-30-57-58(53)54-25-9-11-29-56(54)60-57)47-20-12-19-45(39-47)49-22-6-7-23-50(49)51-26-13-18-44-17-4-5-21-48(44)51/h1-39H. The van der Waals surface area contributed by atoms with Crippen molar-refractivity contribution >= 4 is 59.3 Å². The lowest BCUT2D eigenvalue weighted by atomic mass is 9.91. The van der Waals surface area contributed by atoms with Crippen molar-refractivity contribution < 1.29 is 0 Å². The number of rotatable bonds is 8. The van der Waals surface area contributed by atoms with E-state index in [0.717, 1.165) is 17.1 Å². The Bertz CT molecular complexity index is 3300. The monoisotopic (exact) mass is 781 g/mol. The first-order valence-electron chi connectivity index (χ1n) is 20.5. The fourth-order valence-electron chi connectivity index (χ4n) is 8.85. The molecule has 0 fully saturated rings. The molecule has 0 amide bonds. The Labute approximate surface area is 354 Å². The van der Waals surface area contributed by atoms with Gasteiger partial charge < -0.3 is 4.90 Å². The lowest BCUT2D eigenvalue weighted by Gasteiger charge is -2.29. The minimum Gasteiger partial charge on any atom is -0.310 e. The molecule has 2 heteroatoms. The van der Waals surface area contributed by atoms with E-state index in [0.29, 0.717) is 0 Å². The summed E-state index contributed by atoms with van der Waals surface area (Å²) in [5, 5.41) is 5.09. The summed E-state index contributed by atoms with van der Waals surface area (Å²) in [6, 6.07) is 86.1. The van der Waals surface area contributed by atoms with Crippen LogP contribution in [-0.4, -0.2) is 0 Å². The molecule has 60 heavy (non-hydrogen) atoms. The number of hydrogen-bond donors (Lipinski definition) is 0. The van der Waals surface area contributed by atoms with E-state index in [1.165, 1.54) is 86.6 Å². The van der Waals surface area contributed by atoms with Crippen LogP contribution in [0.1, 0.15) is 0 Å². The molecule has 0 saturated heterocycles. The van der Waals surface area contributed by atoms with E-state index in [-0.39, 0.29) is 0 Å². The second kappa shape index (κ2) is 15.3. The quantitative estimate of drug-likeness (QED) is 0.148. The highest BCUT2D eigenvalue weighted by molar-refractivity contribution is 7.25. The van der Waals surface area contributed by atoms with Gasteiger partial charge in [-0.05, 0) is 103 Å². The first-order chi connectivity index (χ1) is 29.8. The molecule has 0 unspecified atom stereocenters. The molecule has 1 nitrogen and oxygen atoms in total. The van der Waals surface area contributed by atoms with Gasteiger partial charge in [-0.25, -0.2) is 0 Å².